The predicted octanol–water partition coefficient (Wildman–Crippen LogP) is 3.84. The van der Waals surface area contributed by atoms with Gasteiger partial charge < -0.3 is 10.6 Å². The molecule has 0 bridgehead atoms. The number of piperidine rings is 1. The third-order valence-corrected chi connectivity index (χ3v) is 6.02. The van der Waals surface area contributed by atoms with E-state index in [0.29, 0.717) is 36.1 Å². The Kier molecular flexibility index (Phi) is 6.81. The Bertz CT molecular complexity index is 422. The van der Waals surface area contributed by atoms with Crippen LogP contribution >= 0.6 is 0 Å². The van der Waals surface area contributed by atoms with Gasteiger partial charge in [0, 0.05) is 18.5 Å². The average Bonchev–Trinajstić information content (AvgIpc) is 2.44. The van der Waals surface area contributed by atoms with E-state index in [1.54, 1.807) is 0 Å². The molecule has 1 aliphatic carbocycles. The van der Waals surface area contributed by atoms with Crippen LogP contribution in [-0.4, -0.2) is 36.2 Å². The molecule has 2 rings (SSSR count). The lowest BCUT2D eigenvalue weighted by Crippen LogP contribution is -2.58. The number of hydrogen-bond acceptors (Lipinski definition) is 2. The van der Waals surface area contributed by atoms with Gasteiger partial charge in [-0.1, -0.05) is 39.5 Å². The number of carbonyl (C=O) groups is 1. The number of amides is 1. The zero-order valence-electron chi connectivity index (χ0n) is 16.3. The molecule has 0 spiro atoms. The van der Waals surface area contributed by atoms with E-state index in [4.69, 9.17) is 13.6 Å². The monoisotopic (exact) mass is 332 g/mol. The first kappa shape index (κ1) is 19.8. The lowest BCUT2D eigenvalue weighted by Gasteiger charge is -2.50. The van der Waals surface area contributed by atoms with E-state index < -0.39 is 5.44 Å². The molecule has 1 heterocycles. The van der Waals surface area contributed by atoms with Crippen molar-refractivity contribution in [2.75, 3.05) is 0 Å². The minimum Gasteiger partial charge on any atom is -0.337 e. The maximum atomic E-state index is 12.9. The van der Waals surface area contributed by atoms with Gasteiger partial charge in [-0.25, -0.2) is 0 Å². The maximum absolute atomic E-state index is 12.9. The first-order chi connectivity index (χ1) is 11.2. The molecule has 4 heteroatoms. The Labute approximate surface area is 150 Å². The molecule has 2 radical (unpaired) electrons. The van der Waals surface area contributed by atoms with Crippen molar-refractivity contribution in [1.29, 1.82) is 0 Å². The summed E-state index contributed by atoms with van der Waals surface area (Å²) in [5.74, 6) is 1.83. The molecule has 136 valence electrons. The molecule has 0 aromatic carbocycles. The quantitative estimate of drug-likeness (QED) is 0.798. The molecule has 2 aliphatic rings. The predicted molar refractivity (Wildman–Crippen MR) is 102 cm³/mol. The van der Waals surface area contributed by atoms with E-state index in [0.717, 1.165) is 32.1 Å². The summed E-state index contributed by atoms with van der Waals surface area (Å²) in [7, 11) is 6.50. The van der Waals surface area contributed by atoms with E-state index in [-0.39, 0.29) is 6.04 Å². The topological polar surface area (TPSA) is 46.3 Å². The van der Waals surface area contributed by atoms with E-state index in [2.05, 4.69) is 32.6 Å². The molecular formula is C20H37BN2O. The smallest absolute Gasteiger partial charge is 0.223 e. The van der Waals surface area contributed by atoms with Gasteiger partial charge in [-0.3, -0.25) is 4.79 Å². The molecule has 1 aliphatic heterocycles. The summed E-state index contributed by atoms with van der Waals surface area (Å²) < 4.78 is 0. The van der Waals surface area contributed by atoms with Crippen LogP contribution in [0, 0.1) is 17.8 Å². The highest BCUT2D eigenvalue weighted by molar-refractivity contribution is 6.15. The van der Waals surface area contributed by atoms with E-state index in [9.17, 15) is 4.79 Å². The molecule has 4 atom stereocenters. The molecule has 1 saturated carbocycles. The number of nitrogens with two attached hydrogens (primary N) is 1. The molecular weight excluding hydrogens is 295 g/mol. The van der Waals surface area contributed by atoms with E-state index in [1.165, 1.54) is 19.3 Å². The minimum atomic E-state index is -0.585. The minimum absolute atomic E-state index is 0.262. The van der Waals surface area contributed by atoms with Crippen LogP contribution in [0.2, 0.25) is 0 Å². The van der Waals surface area contributed by atoms with Gasteiger partial charge in [-0.05, 0) is 62.7 Å². The summed E-state index contributed by atoms with van der Waals surface area (Å²) in [6, 6.07) is 0.581. The van der Waals surface area contributed by atoms with Crippen LogP contribution in [0.25, 0.3) is 0 Å². The highest BCUT2D eigenvalue weighted by Crippen LogP contribution is 2.42. The standard InChI is InChI=1S/C20H37BN2O/c1-14(2)11-16-12-19(24)23(15(3)4)18-9-7-5-6-8-10-20(21,22)13-17(16)18/h14-18H,5-13,22H2,1-4H3. The van der Waals surface area contributed by atoms with Crippen molar-refractivity contribution in [3.05, 3.63) is 0 Å². The zero-order valence-corrected chi connectivity index (χ0v) is 16.3. The Morgan fingerprint density at radius 1 is 1.21 bits per heavy atom. The Morgan fingerprint density at radius 2 is 1.88 bits per heavy atom. The third kappa shape index (κ3) is 5.00. The van der Waals surface area contributed by atoms with Crippen LogP contribution in [0.1, 0.15) is 85.5 Å². The number of likely N-dealkylation sites (tertiary alicyclic amines) is 1. The second-order valence-corrected chi connectivity index (χ2v) is 9.11. The first-order valence-electron chi connectivity index (χ1n) is 10.1. The Balaban J connectivity index is 2.32. The zero-order chi connectivity index (χ0) is 17.9. The maximum Gasteiger partial charge on any atom is 0.223 e. The van der Waals surface area contributed by atoms with E-state index >= 15 is 0 Å². The molecule has 0 aromatic rings. The van der Waals surface area contributed by atoms with Crippen LogP contribution in [-0.2, 0) is 4.79 Å². The van der Waals surface area contributed by atoms with Crippen LogP contribution in [0.3, 0.4) is 0 Å². The second-order valence-electron chi connectivity index (χ2n) is 9.11. The van der Waals surface area contributed by atoms with Crippen molar-refractivity contribution in [2.24, 2.45) is 23.5 Å². The lowest BCUT2D eigenvalue weighted by molar-refractivity contribution is -0.146. The lowest BCUT2D eigenvalue weighted by atomic mass is 9.62. The molecule has 2 fully saturated rings. The Hall–Kier alpha value is -0.505. The van der Waals surface area contributed by atoms with Crippen LogP contribution in [0.4, 0.5) is 0 Å². The van der Waals surface area contributed by atoms with Crippen molar-refractivity contribution in [3.63, 3.8) is 0 Å². The average molecular weight is 332 g/mol. The molecule has 3 nitrogen and oxygen atoms in total. The summed E-state index contributed by atoms with van der Waals surface area (Å²) in [4.78, 5) is 15.0. The van der Waals surface area contributed by atoms with Gasteiger partial charge in [0.2, 0.25) is 5.91 Å². The van der Waals surface area contributed by atoms with Crippen LogP contribution in [0.15, 0.2) is 0 Å². The van der Waals surface area contributed by atoms with Crippen LogP contribution in [0.5, 0.6) is 0 Å². The van der Waals surface area contributed by atoms with Gasteiger partial charge in [0.15, 0.2) is 0 Å². The van der Waals surface area contributed by atoms with Crippen molar-refractivity contribution in [3.8, 4) is 0 Å². The summed E-state index contributed by atoms with van der Waals surface area (Å²) in [5.41, 5.74) is 5.91. The van der Waals surface area contributed by atoms with Gasteiger partial charge in [0.1, 0.15) is 0 Å². The third-order valence-electron chi connectivity index (χ3n) is 6.02. The molecule has 2 N–H and O–H groups in total. The fraction of sp³-hybridized carbons (Fsp3) is 0.950. The summed E-state index contributed by atoms with van der Waals surface area (Å²) >= 11 is 0. The molecule has 4 unspecified atom stereocenters. The number of hydrogen-bond donors (Lipinski definition) is 1. The normalized spacial score (nSPS) is 36.0. The molecule has 1 amide bonds. The fourth-order valence-corrected chi connectivity index (χ4v) is 5.08. The van der Waals surface area contributed by atoms with Gasteiger partial charge >= 0.3 is 0 Å². The Morgan fingerprint density at radius 3 is 2.50 bits per heavy atom. The number of nitrogens with zero attached hydrogens (tertiary/aromatic N) is 1. The summed E-state index contributed by atoms with van der Waals surface area (Å²) in [6.07, 6.45) is 9.43. The van der Waals surface area contributed by atoms with Crippen molar-refractivity contribution in [2.45, 2.75) is 103 Å². The number of carbonyl (C=O) groups excluding carboxylic acids is 1. The summed E-state index contributed by atoms with van der Waals surface area (Å²) in [5, 5.41) is 0. The van der Waals surface area contributed by atoms with Gasteiger partial charge in [-0.2, -0.15) is 0 Å². The van der Waals surface area contributed by atoms with Crippen molar-refractivity contribution < 1.29 is 4.79 Å². The largest absolute Gasteiger partial charge is 0.337 e. The van der Waals surface area contributed by atoms with E-state index in [1.807, 2.05) is 0 Å². The van der Waals surface area contributed by atoms with Gasteiger partial charge in [-0.15, -0.1) is 0 Å². The number of fused-ring (bicyclic) bond motifs is 1. The van der Waals surface area contributed by atoms with Crippen molar-refractivity contribution in [1.82, 2.24) is 4.90 Å². The first-order valence-corrected chi connectivity index (χ1v) is 10.1. The van der Waals surface area contributed by atoms with Gasteiger partial charge in [0.25, 0.3) is 0 Å². The van der Waals surface area contributed by atoms with Gasteiger partial charge in [0.05, 0.1) is 7.85 Å². The number of rotatable bonds is 3. The highest BCUT2D eigenvalue weighted by Gasteiger charge is 2.44. The highest BCUT2D eigenvalue weighted by atomic mass is 16.2. The van der Waals surface area contributed by atoms with Crippen molar-refractivity contribution >= 4 is 13.8 Å². The molecule has 24 heavy (non-hydrogen) atoms. The van der Waals surface area contributed by atoms with Crippen LogP contribution < -0.4 is 5.73 Å². The molecule has 1 saturated heterocycles. The second kappa shape index (κ2) is 8.25. The fourth-order valence-electron chi connectivity index (χ4n) is 5.08. The summed E-state index contributed by atoms with van der Waals surface area (Å²) in [6.45, 7) is 8.81. The SMILES string of the molecule is [B]C1(N)CCCCCCC2C(C1)C(CC(C)C)CC(=O)N2C(C)C. The molecule has 0 aromatic heterocycles.